The predicted molar refractivity (Wildman–Crippen MR) is 120 cm³/mol. The van der Waals surface area contributed by atoms with E-state index in [1.165, 1.54) is 23.3 Å². The average Bonchev–Trinajstić information content (AvgIpc) is 3.20. The maximum Gasteiger partial charge on any atom is 0.0809 e. The molecular formula is C26H38N2O2. The van der Waals surface area contributed by atoms with Crippen molar-refractivity contribution in [1.82, 2.24) is 9.78 Å². The van der Waals surface area contributed by atoms with Crippen molar-refractivity contribution in [3.63, 3.8) is 0 Å². The van der Waals surface area contributed by atoms with Crippen LogP contribution in [-0.2, 0) is 6.54 Å². The number of fused-ring (bicyclic) bond motifs is 5. The highest BCUT2D eigenvalue weighted by molar-refractivity contribution is 5.57. The van der Waals surface area contributed by atoms with Crippen LogP contribution in [0.15, 0.2) is 23.4 Å². The summed E-state index contributed by atoms with van der Waals surface area (Å²) in [5.41, 5.74) is 5.30. The normalized spacial score (nSPS) is 44.4. The number of rotatable bonds is 2. The number of hydrogen-bond donors (Lipinski definition) is 2. The van der Waals surface area contributed by atoms with Gasteiger partial charge in [-0.05, 0) is 93.6 Å². The SMILES string of the molecule is CCn1ncc(/C=C2\C[C@H]3[C@@H]4CC=C5C[C@H](O)CC[C@]5(C)[C@H]4CC[C@]3(C)[C@H]2O)c1C. The van der Waals surface area contributed by atoms with Crippen molar-refractivity contribution in [1.29, 1.82) is 0 Å². The minimum atomic E-state index is -0.348. The van der Waals surface area contributed by atoms with Gasteiger partial charge in [-0.3, -0.25) is 4.68 Å². The zero-order valence-corrected chi connectivity index (χ0v) is 19.1. The molecule has 4 aliphatic rings. The van der Waals surface area contributed by atoms with Gasteiger partial charge >= 0.3 is 0 Å². The predicted octanol–water partition coefficient (Wildman–Crippen LogP) is 4.89. The van der Waals surface area contributed by atoms with Gasteiger partial charge in [0.05, 0.1) is 18.4 Å². The van der Waals surface area contributed by atoms with Crippen LogP contribution in [0, 0.1) is 35.5 Å². The molecule has 0 unspecified atom stereocenters. The summed E-state index contributed by atoms with van der Waals surface area (Å²) in [5.74, 6) is 1.88. The quantitative estimate of drug-likeness (QED) is 0.683. The Kier molecular flexibility index (Phi) is 4.83. The molecule has 7 atom stereocenters. The van der Waals surface area contributed by atoms with Gasteiger partial charge in [0.2, 0.25) is 0 Å². The van der Waals surface area contributed by atoms with Gasteiger partial charge in [0.25, 0.3) is 0 Å². The van der Waals surface area contributed by atoms with Gasteiger partial charge in [-0.2, -0.15) is 5.10 Å². The molecule has 0 aromatic carbocycles. The fraction of sp³-hybridized carbons (Fsp3) is 0.731. The molecule has 1 aromatic heterocycles. The molecule has 164 valence electrons. The van der Waals surface area contributed by atoms with E-state index in [9.17, 15) is 10.2 Å². The standard InChI is InChI=1S/C26H38N2O2/c1-5-28-16(2)18(15-27-28)12-17-13-23-21-7-6-19-14-20(29)8-10-25(19,3)22(21)9-11-26(23,4)24(17)30/h6,12,15,20-24,29-30H,5,7-11,13-14H2,1-4H3/b17-12+/t20-,21-,22+,23+,24+,25+,26+/m1/s1. The summed E-state index contributed by atoms with van der Waals surface area (Å²) in [6, 6.07) is 0. The highest BCUT2D eigenvalue weighted by atomic mass is 16.3. The van der Waals surface area contributed by atoms with Crippen LogP contribution in [0.3, 0.4) is 0 Å². The molecule has 5 rings (SSSR count). The van der Waals surface area contributed by atoms with Crippen LogP contribution < -0.4 is 0 Å². The summed E-state index contributed by atoms with van der Waals surface area (Å²) in [6.07, 6.45) is 13.5. The number of aliphatic hydroxyl groups is 2. The van der Waals surface area contributed by atoms with E-state index in [0.717, 1.165) is 50.6 Å². The summed E-state index contributed by atoms with van der Waals surface area (Å²) in [6.45, 7) is 9.93. The zero-order chi connectivity index (χ0) is 21.3. The molecule has 3 saturated carbocycles. The average molecular weight is 411 g/mol. The van der Waals surface area contributed by atoms with Crippen LogP contribution in [0.5, 0.6) is 0 Å². The van der Waals surface area contributed by atoms with Crippen LogP contribution in [0.4, 0.5) is 0 Å². The lowest BCUT2D eigenvalue weighted by Crippen LogP contribution is -2.51. The third-order valence-electron chi connectivity index (χ3n) is 9.73. The maximum absolute atomic E-state index is 11.4. The van der Waals surface area contributed by atoms with E-state index in [-0.39, 0.29) is 23.0 Å². The lowest BCUT2D eigenvalue weighted by atomic mass is 9.48. The minimum absolute atomic E-state index is 0.0163. The molecule has 3 fully saturated rings. The molecule has 30 heavy (non-hydrogen) atoms. The van der Waals surface area contributed by atoms with Gasteiger partial charge in [0.15, 0.2) is 0 Å². The molecule has 0 aliphatic heterocycles. The Balaban J connectivity index is 1.47. The first-order chi connectivity index (χ1) is 14.3. The number of nitrogens with zero attached hydrogens (tertiary/aromatic N) is 2. The topological polar surface area (TPSA) is 58.3 Å². The maximum atomic E-state index is 11.4. The second kappa shape index (κ2) is 7.06. The fourth-order valence-electron chi connectivity index (χ4n) is 7.76. The molecule has 1 heterocycles. The van der Waals surface area contributed by atoms with E-state index in [1.807, 2.05) is 10.9 Å². The second-order valence-corrected chi connectivity index (χ2v) is 11.0. The molecule has 0 spiro atoms. The molecule has 0 saturated heterocycles. The molecule has 4 nitrogen and oxygen atoms in total. The summed E-state index contributed by atoms with van der Waals surface area (Å²) in [5, 5.41) is 26.1. The molecule has 4 heteroatoms. The molecule has 1 aromatic rings. The van der Waals surface area contributed by atoms with Gasteiger partial charge in [-0.25, -0.2) is 0 Å². The number of allylic oxidation sites excluding steroid dienone is 1. The van der Waals surface area contributed by atoms with E-state index in [4.69, 9.17) is 0 Å². The Hall–Kier alpha value is -1.39. The Bertz CT molecular complexity index is 899. The van der Waals surface area contributed by atoms with Crippen LogP contribution >= 0.6 is 0 Å². The Morgan fingerprint density at radius 1 is 1.17 bits per heavy atom. The summed E-state index contributed by atoms with van der Waals surface area (Å²) in [4.78, 5) is 0. The summed E-state index contributed by atoms with van der Waals surface area (Å²) < 4.78 is 2.03. The third kappa shape index (κ3) is 2.82. The Morgan fingerprint density at radius 2 is 1.97 bits per heavy atom. The third-order valence-corrected chi connectivity index (χ3v) is 9.73. The Morgan fingerprint density at radius 3 is 2.70 bits per heavy atom. The monoisotopic (exact) mass is 410 g/mol. The molecule has 4 aliphatic carbocycles. The minimum Gasteiger partial charge on any atom is -0.393 e. The van der Waals surface area contributed by atoms with Crippen LogP contribution in [0.2, 0.25) is 0 Å². The largest absolute Gasteiger partial charge is 0.393 e. The first-order valence-electron chi connectivity index (χ1n) is 12.1. The van der Waals surface area contributed by atoms with Crippen molar-refractivity contribution in [2.24, 2.45) is 28.6 Å². The van der Waals surface area contributed by atoms with Crippen molar-refractivity contribution >= 4 is 6.08 Å². The highest BCUT2D eigenvalue weighted by Crippen LogP contribution is 2.65. The van der Waals surface area contributed by atoms with Gasteiger partial charge in [0, 0.05) is 23.2 Å². The highest BCUT2D eigenvalue weighted by Gasteiger charge is 2.59. The fourth-order valence-corrected chi connectivity index (χ4v) is 7.76. The van der Waals surface area contributed by atoms with E-state index in [1.54, 1.807) is 0 Å². The van der Waals surface area contributed by atoms with Crippen LogP contribution in [0.1, 0.15) is 77.0 Å². The van der Waals surface area contributed by atoms with Gasteiger partial charge in [0.1, 0.15) is 0 Å². The van der Waals surface area contributed by atoms with Crippen molar-refractivity contribution in [3.05, 3.63) is 34.7 Å². The van der Waals surface area contributed by atoms with Gasteiger partial charge in [-0.15, -0.1) is 0 Å². The second-order valence-electron chi connectivity index (χ2n) is 11.0. The molecular weight excluding hydrogens is 372 g/mol. The van der Waals surface area contributed by atoms with Crippen LogP contribution in [-0.4, -0.2) is 32.2 Å². The van der Waals surface area contributed by atoms with Crippen molar-refractivity contribution in [3.8, 4) is 0 Å². The number of aliphatic hydroxyl groups excluding tert-OH is 2. The van der Waals surface area contributed by atoms with E-state index in [0.29, 0.717) is 17.8 Å². The summed E-state index contributed by atoms with van der Waals surface area (Å²) >= 11 is 0. The lowest BCUT2D eigenvalue weighted by molar-refractivity contribution is -0.0685. The van der Waals surface area contributed by atoms with Crippen molar-refractivity contribution in [2.75, 3.05) is 0 Å². The van der Waals surface area contributed by atoms with Crippen LogP contribution in [0.25, 0.3) is 6.08 Å². The molecule has 0 radical (unpaired) electrons. The number of hydrogen-bond acceptors (Lipinski definition) is 3. The molecule has 0 bridgehead atoms. The van der Waals surface area contributed by atoms with Gasteiger partial charge in [-0.1, -0.05) is 25.5 Å². The molecule has 0 amide bonds. The van der Waals surface area contributed by atoms with Crippen molar-refractivity contribution < 1.29 is 10.2 Å². The van der Waals surface area contributed by atoms with Crippen molar-refractivity contribution in [2.45, 2.75) is 91.4 Å². The van der Waals surface area contributed by atoms with E-state index in [2.05, 4.69) is 44.9 Å². The van der Waals surface area contributed by atoms with Gasteiger partial charge < -0.3 is 10.2 Å². The zero-order valence-electron chi connectivity index (χ0n) is 19.1. The Labute approximate surface area is 181 Å². The number of aromatic nitrogens is 2. The first kappa shape index (κ1) is 20.5. The first-order valence-corrected chi connectivity index (χ1v) is 12.1. The molecule has 2 N–H and O–H groups in total. The van der Waals surface area contributed by atoms with E-state index >= 15 is 0 Å². The summed E-state index contributed by atoms with van der Waals surface area (Å²) in [7, 11) is 0. The lowest BCUT2D eigenvalue weighted by Gasteiger charge is -2.57. The van der Waals surface area contributed by atoms with E-state index < -0.39 is 0 Å². The number of aryl methyl sites for hydroxylation is 1. The smallest absolute Gasteiger partial charge is 0.0809 e.